The van der Waals surface area contributed by atoms with E-state index in [0.29, 0.717) is 5.92 Å². The van der Waals surface area contributed by atoms with Crippen LogP contribution in [0.4, 0.5) is 5.82 Å². The van der Waals surface area contributed by atoms with Crippen molar-refractivity contribution in [3.05, 3.63) is 23.7 Å². The molecule has 0 saturated carbocycles. The van der Waals surface area contributed by atoms with Crippen LogP contribution in [-0.2, 0) is 13.5 Å². The molecule has 2 rings (SSSR count). The van der Waals surface area contributed by atoms with Crippen LogP contribution in [0.1, 0.15) is 38.1 Å². The lowest BCUT2D eigenvalue weighted by Gasteiger charge is -2.09. The SMILES string of the molecule is CCc1nn(C)cc1-c1nc(NC)cc(C(C)C)n1. The minimum atomic E-state index is 0.371. The standard InChI is InChI=1S/C14H21N5/c1-6-11-10(8-19(5)18-11)14-16-12(9(2)3)7-13(15-4)17-14/h7-9H,6H2,1-5H3,(H,15,16,17). The van der Waals surface area contributed by atoms with Gasteiger partial charge in [-0.05, 0) is 12.3 Å². The normalized spacial score (nSPS) is 11.1. The van der Waals surface area contributed by atoms with Crippen LogP contribution in [0.3, 0.4) is 0 Å². The predicted molar refractivity (Wildman–Crippen MR) is 77.2 cm³/mol. The molecule has 0 aliphatic heterocycles. The number of aromatic nitrogens is 4. The Morgan fingerprint density at radius 3 is 2.63 bits per heavy atom. The summed E-state index contributed by atoms with van der Waals surface area (Å²) in [5, 5.41) is 7.55. The van der Waals surface area contributed by atoms with Gasteiger partial charge in [-0.15, -0.1) is 0 Å². The zero-order chi connectivity index (χ0) is 14.0. The quantitative estimate of drug-likeness (QED) is 0.917. The number of anilines is 1. The number of rotatable bonds is 4. The Bertz CT molecular complexity index is 571. The van der Waals surface area contributed by atoms with Crippen molar-refractivity contribution in [3.8, 4) is 11.4 Å². The third-order valence-electron chi connectivity index (χ3n) is 3.07. The van der Waals surface area contributed by atoms with Gasteiger partial charge in [-0.25, -0.2) is 9.97 Å². The second-order valence-electron chi connectivity index (χ2n) is 4.92. The Hall–Kier alpha value is -1.91. The van der Waals surface area contributed by atoms with E-state index in [-0.39, 0.29) is 0 Å². The zero-order valence-electron chi connectivity index (χ0n) is 12.2. The third kappa shape index (κ3) is 2.75. The van der Waals surface area contributed by atoms with Crippen LogP contribution in [0.25, 0.3) is 11.4 Å². The molecule has 5 heteroatoms. The molecular weight excluding hydrogens is 238 g/mol. The smallest absolute Gasteiger partial charge is 0.165 e. The minimum Gasteiger partial charge on any atom is -0.373 e. The van der Waals surface area contributed by atoms with E-state index in [1.165, 1.54) is 0 Å². The van der Waals surface area contributed by atoms with E-state index in [4.69, 9.17) is 0 Å². The molecule has 19 heavy (non-hydrogen) atoms. The summed E-state index contributed by atoms with van der Waals surface area (Å²) in [7, 11) is 3.80. The highest BCUT2D eigenvalue weighted by atomic mass is 15.3. The van der Waals surface area contributed by atoms with Gasteiger partial charge in [0.2, 0.25) is 0 Å². The topological polar surface area (TPSA) is 55.6 Å². The van der Waals surface area contributed by atoms with Crippen molar-refractivity contribution < 1.29 is 0 Å². The Kier molecular flexibility index (Phi) is 3.83. The first-order valence-electron chi connectivity index (χ1n) is 6.64. The van der Waals surface area contributed by atoms with Crippen LogP contribution >= 0.6 is 0 Å². The Morgan fingerprint density at radius 2 is 2.05 bits per heavy atom. The lowest BCUT2D eigenvalue weighted by atomic mass is 10.1. The third-order valence-corrected chi connectivity index (χ3v) is 3.07. The Balaban J connectivity index is 2.57. The lowest BCUT2D eigenvalue weighted by molar-refractivity contribution is 0.746. The molecule has 2 aromatic rings. The Labute approximate surface area is 114 Å². The highest BCUT2D eigenvalue weighted by molar-refractivity contribution is 5.59. The number of aryl methyl sites for hydroxylation is 2. The highest BCUT2D eigenvalue weighted by Crippen LogP contribution is 2.24. The molecule has 0 fully saturated rings. The van der Waals surface area contributed by atoms with Gasteiger partial charge in [0.05, 0.1) is 11.3 Å². The first kappa shape index (κ1) is 13.5. The molecule has 102 valence electrons. The number of hydrogen-bond acceptors (Lipinski definition) is 4. The van der Waals surface area contributed by atoms with Crippen LogP contribution in [0.15, 0.2) is 12.3 Å². The van der Waals surface area contributed by atoms with Crippen molar-refractivity contribution in [1.82, 2.24) is 19.7 Å². The van der Waals surface area contributed by atoms with Gasteiger partial charge in [0.25, 0.3) is 0 Å². The van der Waals surface area contributed by atoms with Crippen LogP contribution in [0, 0.1) is 0 Å². The molecule has 0 bridgehead atoms. The first-order valence-corrected chi connectivity index (χ1v) is 6.64. The molecule has 2 aromatic heterocycles. The number of hydrogen-bond donors (Lipinski definition) is 1. The van der Waals surface area contributed by atoms with E-state index >= 15 is 0 Å². The zero-order valence-corrected chi connectivity index (χ0v) is 12.2. The van der Waals surface area contributed by atoms with Crippen molar-refractivity contribution >= 4 is 5.82 Å². The first-order chi connectivity index (χ1) is 9.05. The van der Waals surface area contributed by atoms with Gasteiger partial charge in [0.1, 0.15) is 5.82 Å². The maximum absolute atomic E-state index is 4.67. The van der Waals surface area contributed by atoms with Crippen molar-refractivity contribution in [1.29, 1.82) is 0 Å². The van der Waals surface area contributed by atoms with Gasteiger partial charge in [-0.2, -0.15) is 5.10 Å². The molecule has 0 spiro atoms. The summed E-state index contributed by atoms with van der Waals surface area (Å²) in [6.45, 7) is 6.36. The summed E-state index contributed by atoms with van der Waals surface area (Å²) in [6.07, 6.45) is 2.86. The molecular formula is C14H21N5. The summed E-state index contributed by atoms with van der Waals surface area (Å²) in [5.74, 6) is 1.97. The minimum absolute atomic E-state index is 0.371. The molecule has 0 radical (unpaired) electrons. The number of nitrogens with one attached hydrogen (secondary N) is 1. The highest BCUT2D eigenvalue weighted by Gasteiger charge is 2.14. The summed E-state index contributed by atoms with van der Waals surface area (Å²) in [4.78, 5) is 9.22. The van der Waals surface area contributed by atoms with E-state index < -0.39 is 0 Å². The van der Waals surface area contributed by atoms with Crippen molar-refractivity contribution in [2.75, 3.05) is 12.4 Å². The molecule has 1 N–H and O–H groups in total. The number of nitrogens with zero attached hydrogens (tertiary/aromatic N) is 4. The van der Waals surface area contributed by atoms with Gasteiger partial charge in [0.15, 0.2) is 5.82 Å². The van der Waals surface area contributed by atoms with Crippen LogP contribution in [0.5, 0.6) is 0 Å². The van der Waals surface area contributed by atoms with Gasteiger partial charge in [-0.1, -0.05) is 20.8 Å². The van der Waals surface area contributed by atoms with Gasteiger partial charge >= 0.3 is 0 Å². The van der Waals surface area contributed by atoms with E-state index in [9.17, 15) is 0 Å². The van der Waals surface area contributed by atoms with Crippen molar-refractivity contribution in [2.24, 2.45) is 7.05 Å². The fourth-order valence-electron chi connectivity index (χ4n) is 1.99. The van der Waals surface area contributed by atoms with E-state index in [1.54, 1.807) is 0 Å². The maximum Gasteiger partial charge on any atom is 0.165 e. The fraction of sp³-hybridized carbons (Fsp3) is 0.500. The van der Waals surface area contributed by atoms with Crippen molar-refractivity contribution in [3.63, 3.8) is 0 Å². The molecule has 0 atom stereocenters. The second kappa shape index (κ2) is 5.38. The summed E-state index contributed by atoms with van der Waals surface area (Å²) in [6, 6.07) is 2.00. The maximum atomic E-state index is 4.67. The molecule has 0 aliphatic carbocycles. The van der Waals surface area contributed by atoms with E-state index in [1.807, 2.05) is 31.0 Å². The molecule has 0 unspecified atom stereocenters. The van der Waals surface area contributed by atoms with Crippen LogP contribution in [-0.4, -0.2) is 26.8 Å². The summed E-state index contributed by atoms with van der Waals surface area (Å²) >= 11 is 0. The summed E-state index contributed by atoms with van der Waals surface area (Å²) in [5.41, 5.74) is 3.09. The molecule has 0 aliphatic rings. The lowest BCUT2D eigenvalue weighted by Crippen LogP contribution is -2.02. The average Bonchev–Trinajstić information content (AvgIpc) is 2.79. The summed E-state index contributed by atoms with van der Waals surface area (Å²) < 4.78 is 1.82. The van der Waals surface area contributed by atoms with Crippen molar-refractivity contribution in [2.45, 2.75) is 33.1 Å². The molecule has 2 heterocycles. The van der Waals surface area contributed by atoms with Crippen LogP contribution < -0.4 is 5.32 Å². The van der Waals surface area contributed by atoms with Gasteiger partial charge in [0, 0.05) is 32.1 Å². The van der Waals surface area contributed by atoms with Gasteiger partial charge in [-0.3, -0.25) is 4.68 Å². The molecule has 0 saturated heterocycles. The average molecular weight is 259 g/mol. The van der Waals surface area contributed by atoms with E-state index in [2.05, 4.69) is 41.2 Å². The predicted octanol–water partition coefficient (Wildman–Crippen LogP) is 2.60. The molecule has 0 amide bonds. The van der Waals surface area contributed by atoms with Gasteiger partial charge < -0.3 is 5.32 Å². The second-order valence-corrected chi connectivity index (χ2v) is 4.92. The monoisotopic (exact) mass is 259 g/mol. The van der Waals surface area contributed by atoms with Crippen LogP contribution in [0.2, 0.25) is 0 Å². The molecule has 0 aromatic carbocycles. The van der Waals surface area contributed by atoms with E-state index in [0.717, 1.165) is 35.0 Å². The largest absolute Gasteiger partial charge is 0.373 e. The fourth-order valence-corrected chi connectivity index (χ4v) is 1.99. The molecule has 5 nitrogen and oxygen atoms in total. The Morgan fingerprint density at radius 1 is 1.32 bits per heavy atom.